The molecule has 1 saturated heterocycles. The third kappa shape index (κ3) is 5.38. The smallest absolute Gasteiger partial charge is 0.323 e. The summed E-state index contributed by atoms with van der Waals surface area (Å²) < 4.78 is 38.0. The lowest BCUT2D eigenvalue weighted by Gasteiger charge is -2.32. The first-order chi connectivity index (χ1) is 15.9. The summed E-state index contributed by atoms with van der Waals surface area (Å²) in [7, 11) is -2.01. The van der Waals surface area contributed by atoms with Crippen LogP contribution in [0.25, 0.3) is 11.0 Å². The van der Waals surface area contributed by atoms with Gasteiger partial charge in [-0.25, -0.2) is 13.2 Å². The third-order valence-electron chi connectivity index (χ3n) is 5.74. The predicted molar refractivity (Wildman–Crippen MR) is 123 cm³/mol. The van der Waals surface area contributed by atoms with Gasteiger partial charge in [0, 0.05) is 25.7 Å². The number of methoxy groups -OCH3 is 1. The number of imidazole rings is 1. The van der Waals surface area contributed by atoms with Crippen LogP contribution in [0.15, 0.2) is 52.2 Å². The lowest BCUT2D eigenvalue weighted by Crippen LogP contribution is -2.47. The zero-order chi connectivity index (χ0) is 23.4. The largest absolute Gasteiger partial charge is 0.497 e. The molecule has 1 atom stereocenters. The molecule has 1 aliphatic heterocycles. The maximum atomic E-state index is 12.9. The van der Waals surface area contributed by atoms with Crippen LogP contribution in [0, 0.1) is 0 Å². The van der Waals surface area contributed by atoms with Gasteiger partial charge in [-0.2, -0.15) is 4.31 Å². The number of aromatic amines is 2. The summed E-state index contributed by atoms with van der Waals surface area (Å²) in [4.78, 5) is 17.1. The van der Waals surface area contributed by atoms with Gasteiger partial charge < -0.3 is 29.9 Å². The standard InChI is InChI=1S/C22H28N4O6S/c1-31-17-5-7-18(8-6-17)33(29,30)26-11-9-15(10-12-26)23-13-16(27)14-32-20-4-2-3-19-21(20)25-22(28)24-19/h2-8,15-16,23,27H,9-14H2,1H3,(H2,24,25,28)/t16-/m0/s1. The minimum atomic E-state index is -3.54. The lowest BCUT2D eigenvalue weighted by molar-refractivity contribution is 0.101. The minimum absolute atomic E-state index is 0.0595. The van der Waals surface area contributed by atoms with Crippen molar-refractivity contribution in [2.24, 2.45) is 0 Å². The van der Waals surface area contributed by atoms with Crippen molar-refractivity contribution >= 4 is 21.1 Å². The number of benzene rings is 2. The summed E-state index contributed by atoms with van der Waals surface area (Å²) in [6.07, 6.45) is 0.534. The molecule has 33 heavy (non-hydrogen) atoms. The van der Waals surface area contributed by atoms with E-state index >= 15 is 0 Å². The quantitative estimate of drug-likeness (QED) is 0.362. The number of sulfonamides is 1. The monoisotopic (exact) mass is 476 g/mol. The molecule has 3 aromatic rings. The first-order valence-electron chi connectivity index (χ1n) is 10.8. The van der Waals surface area contributed by atoms with Crippen molar-refractivity contribution in [3.8, 4) is 11.5 Å². The van der Waals surface area contributed by atoms with E-state index < -0.39 is 16.1 Å². The Labute approximate surface area is 191 Å². The normalized spacial score (nSPS) is 16.7. The number of aliphatic hydroxyl groups is 1. The number of para-hydroxylation sites is 1. The SMILES string of the molecule is COc1ccc(S(=O)(=O)N2CCC(NC[C@H](O)COc3cccc4[nH]c(=O)[nH]c34)CC2)cc1. The molecule has 0 radical (unpaired) electrons. The first-order valence-corrected chi connectivity index (χ1v) is 12.2. The van der Waals surface area contributed by atoms with Crippen LogP contribution in [0.1, 0.15) is 12.8 Å². The van der Waals surface area contributed by atoms with Crippen LogP contribution in [0.4, 0.5) is 0 Å². The topological polar surface area (TPSA) is 137 Å². The Morgan fingerprint density at radius 2 is 1.88 bits per heavy atom. The van der Waals surface area contributed by atoms with Gasteiger partial charge in [-0.1, -0.05) is 6.07 Å². The van der Waals surface area contributed by atoms with E-state index in [0.29, 0.717) is 55.0 Å². The van der Waals surface area contributed by atoms with E-state index in [1.165, 1.54) is 11.4 Å². The molecule has 11 heteroatoms. The fourth-order valence-electron chi connectivity index (χ4n) is 3.90. The van der Waals surface area contributed by atoms with Gasteiger partial charge in [-0.05, 0) is 49.2 Å². The number of nitrogens with one attached hydrogen (secondary N) is 3. The van der Waals surface area contributed by atoms with Crippen molar-refractivity contribution in [3.05, 3.63) is 52.9 Å². The highest BCUT2D eigenvalue weighted by molar-refractivity contribution is 7.89. The molecule has 4 rings (SSSR count). The highest BCUT2D eigenvalue weighted by atomic mass is 32.2. The fourth-order valence-corrected chi connectivity index (χ4v) is 5.37. The molecular formula is C22H28N4O6S. The maximum absolute atomic E-state index is 12.9. The van der Waals surface area contributed by atoms with E-state index in [1.54, 1.807) is 42.5 Å². The van der Waals surface area contributed by atoms with E-state index in [1.807, 2.05) is 0 Å². The number of H-pyrrole nitrogens is 2. The van der Waals surface area contributed by atoms with Crippen LogP contribution in [-0.2, 0) is 10.0 Å². The molecule has 0 saturated carbocycles. The van der Waals surface area contributed by atoms with Crippen LogP contribution in [0.5, 0.6) is 11.5 Å². The summed E-state index contributed by atoms with van der Waals surface area (Å²) in [5.74, 6) is 1.10. The van der Waals surface area contributed by atoms with Gasteiger partial charge in [-0.3, -0.25) is 0 Å². The van der Waals surface area contributed by atoms with E-state index in [4.69, 9.17) is 9.47 Å². The Bertz CT molecular complexity index is 1230. The van der Waals surface area contributed by atoms with E-state index in [0.717, 1.165) is 0 Å². The molecule has 2 aromatic carbocycles. The number of rotatable bonds is 9. The molecule has 1 aliphatic rings. The number of fused-ring (bicyclic) bond motifs is 1. The number of aliphatic hydroxyl groups excluding tert-OH is 1. The van der Waals surface area contributed by atoms with Gasteiger partial charge in [0.2, 0.25) is 10.0 Å². The number of hydrogen-bond donors (Lipinski definition) is 4. The highest BCUT2D eigenvalue weighted by Crippen LogP contribution is 2.23. The Morgan fingerprint density at radius 3 is 2.58 bits per heavy atom. The summed E-state index contributed by atoms with van der Waals surface area (Å²) in [6.45, 7) is 1.18. The van der Waals surface area contributed by atoms with Gasteiger partial charge in [0.15, 0.2) is 0 Å². The van der Waals surface area contributed by atoms with Crippen LogP contribution < -0.4 is 20.5 Å². The van der Waals surface area contributed by atoms with Crippen molar-refractivity contribution in [2.75, 3.05) is 33.4 Å². The second-order valence-electron chi connectivity index (χ2n) is 7.98. The zero-order valence-electron chi connectivity index (χ0n) is 18.3. The molecule has 0 amide bonds. The maximum Gasteiger partial charge on any atom is 0.323 e. The Morgan fingerprint density at radius 1 is 1.15 bits per heavy atom. The summed E-state index contributed by atoms with van der Waals surface area (Å²) in [6, 6.07) is 11.7. The minimum Gasteiger partial charge on any atom is -0.497 e. The molecule has 178 valence electrons. The number of hydrogen-bond acceptors (Lipinski definition) is 7. The van der Waals surface area contributed by atoms with Crippen LogP contribution >= 0.6 is 0 Å². The zero-order valence-corrected chi connectivity index (χ0v) is 19.1. The molecular weight excluding hydrogens is 448 g/mol. The second kappa shape index (κ2) is 9.96. The molecule has 4 N–H and O–H groups in total. The molecule has 1 aromatic heterocycles. The van der Waals surface area contributed by atoms with Crippen molar-refractivity contribution in [1.29, 1.82) is 0 Å². The molecule has 0 bridgehead atoms. The number of piperidine rings is 1. The average Bonchev–Trinajstić information content (AvgIpc) is 3.22. The summed E-state index contributed by atoms with van der Waals surface area (Å²) in [5.41, 5.74) is 0.887. The molecule has 0 aliphatic carbocycles. The summed E-state index contributed by atoms with van der Waals surface area (Å²) in [5, 5.41) is 13.6. The van der Waals surface area contributed by atoms with Gasteiger partial charge in [0.05, 0.1) is 17.5 Å². The Balaban J connectivity index is 1.24. The second-order valence-corrected chi connectivity index (χ2v) is 9.92. The highest BCUT2D eigenvalue weighted by Gasteiger charge is 2.29. The predicted octanol–water partition coefficient (Wildman–Crippen LogP) is 1.05. The third-order valence-corrected chi connectivity index (χ3v) is 7.65. The Kier molecular flexibility index (Phi) is 7.03. The van der Waals surface area contributed by atoms with Crippen molar-refractivity contribution in [1.82, 2.24) is 19.6 Å². The van der Waals surface area contributed by atoms with Crippen molar-refractivity contribution < 1.29 is 23.0 Å². The van der Waals surface area contributed by atoms with Crippen molar-refractivity contribution in [3.63, 3.8) is 0 Å². The van der Waals surface area contributed by atoms with E-state index in [9.17, 15) is 18.3 Å². The van der Waals surface area contributed by atoms with Crippen LogP contribution in [-0.4, -0.2) is 73.3 Å². The van der Waals surface area contributed by atoms with E-state index in [-0.39, 0.29) is 23.2 Å². The van der Waals surface area contributed by atoms with Gasteiger partial charge in [-0.15, -0.1) is 0 Å². The number of aromatic nitrogens is 2. The Hall–Kier alpha value is -2.86. The molecule has 1 fully saturated rings. The van der Waals surface area contributed by atoms with E-state index in [2.05, 4.69) is 15.3 Å². The van der Waals surface area contributed by atoms with Gasteiger partial charge in [0.25, 0.3) is 0 Å². The first kappa shape index (κ1) is 23.3. The van der Waals surface area contributed by atoms with Gasteiger partial charge >= 0.3 is 5.69 Å². The number of ether oxygens (including phenoxy) is 2. The van der Waals surface area contributed by atoms with Crippen LogP contribution in [0.2, 0.25) is 0 Å². The average molecular weight is 477 g/mol. The fraction of sp³-hybridized carbons (Fsp3) is 0.409. The lowest BCUT2D eigenvalue weighted by atomic mass is 10.1. The summed E-state index contributed by atoms with van der Waals surface area (Å²) >= 11 is 0. The van der Waals surface area contributed by atoms with Crippen molar-refractivity contribution in [2.45, 2.75) is 29.9 Å². The van der Waals surface area contributed by atoms with Gasteiger partial charge in [0.1, 0.15) is 29.7 Å². The molecule has 10 nitrogen and oxygen atoms in total. The molecule has 0 spiro atoms. The molecule has 0 unspecified atom stereocenters. The van der Waals surface area contributed by atoms with Crippen LogP contribution in [0.3, 0.4) is 0 Å². The number of nitrogens with zero attached hydrogens (tertiary/aromatic N) is 1. The molecule has 2 heterocycles.